The second kappa shape index (κ2) is 7.04. The predicted octanol–water partition coefficient (Wildman–Crippen LogP) is 2.79. The minimum atomic E-state index is -1.22. The lowest BCUT2D eigenvalue weighted by molar-refractivity contribution is -0.247. The van der Waals surface area contributed by atoms with Crippen molar-refractivity contribution in [2.24, 2.45) is 28.6 Å². The van der Waals surface area contributed by atoms with Gasteiger partial charge in [-0.05, 0) is 69.3 Å². The quantitative estimate of drug-likeness (QED) is 0.630. The second-order valence-electron chi connectivity index (χ2n) is 11.1. The van der Waals surface area contributed by atoms with Crippen LogP contribution in [0.2, 0.25) is 0 Å². The van der Waals surface area contributed by atoms with Crippen molar-refractivity contribution >= 4 is 11.9 Å². The number of nitriles is 1. The fraction of sp³-hybridized carbons (Fsp3) is 0.800. The molecule has 0 spiro atoms. The summed E-state index contributed by atoms with van der Waals surface area (Å²) in [5, 5.41) is 34.4. The maximum Gasteiger partial charge on any atom is 0.331 e. The predicted molar refractivity (Wildman–Crippen MR) is 113 cm³/mol. The Morgan fingerprint density at radius 2 is 1.84 bits per heavy atom. The van der Waals surface area contributed by atoms with Gasteiger partial charge in [-0.1, -0.05) is 6.92 Å². The van der Waals surface area contributed by atoms with Gasteiger partial charge in [-0.25, -0.2) is 4.79 Å². The van der Waals surface area contributed by atoms with Crippen molar-refractivity contribution in [2.75, 3.05) is 0 Å². The van der Waals surface area contributed by atoms with E-state index in [0.717, 1.165) is 19.3 Å². The van der Waals surface area contributed by atoms with Crippen LogP contribution >= 0.6 is 0 Å². The molecule has 1 heterocycles. The lowest BCUT2D eigenvalue weighted by Gasteiger charge is -2.64. The Kier molecular flexibility index (Phi) is 4.82. The number of ether oxygens (including phenoxy) is 2. The zero-order valence-corrected chi connectivity index (χ0v) is 18.9. The molecule has 0 aromatic rings. The van der Waals surface area contributed by atoms with E-state index in [9.17, 15) is 25.1 Å². The molecular weight excluding hydrogens is 410 g/mol. The molecule has 0 amide bonds. The number of nitrogens with zero attached hydrogens (tertiary/aromatic N) is 1. The molecule has 0 aromatic heterocycles. The number of rotatable bonds is 2. The van der Waals surface area contributed by atoms with Gasteiger partial charge >= 0.3 is 11.9 Å². The fourth-order valence-corrected chi connectivity index (χ4v) is 8.57. The van der Waals surface area contributed by atoms with Crippen LogP contribution < -0.4 is 0 Å². The first-order chi connectivity index (χ1) is 15.1. The van der Waals surface area contributed by atoms with Crippen LogP contribution in [0.3, 0.4) is 0 Å². The molecule has 7 nitrogen and oxygen atoms in total. The molecule has 4 saturated carbocycles. The summed E-state index contributed by atoms with van der Waals surface area (Å²) >= 11 is 0. The normalized spacial score (nSPS) is 51.7. The summed E-state index contributed by atoms with van der Waals surface area (Å²) < 4.78 is 10.9. The SMILES string of the molecule is CC(=O)O[C@H]1CC[C@]2(C#N)[C@H]3CC[C@]4(C)[C@H]([C@H]5C=CC(=O)O5)CC[C@]4(O)[C@H]3CC[C@]2(O)C1. The van der Waals surface area contributed by atoms with Crippen LogP contribution in [-0.2, 0) is 19.1 Å². The van der Waals surface area contributed by atoms with Gasteiger partial charge in [-0.3, -0.25) is 4.79 Å². The maximum atomic E-state index is 12.2. The molecule has 0 unspecified atom stereocenters. The van der Waals surface area contributed by atoms with Crippen molar-refractivity contribution in [3.05, 3.63) is 12.2 Å². The highest BCUT2D eigenvalue weighted by atomic mass is 16.5. The van der Waals surface area contributed by atoms with Crippen molar-refractivity contribution in [3.63, 3.8) is 0 Å². The van der Waals surface area contributed by atoms with Crippen molar-refractivity contribution in [3.8, 4) is 6.07 Å². The monoisotopic (exact) mass is 443 g/mol. The minimum Gasteiger partial charge on any atom is -0.462 e. The topological polar surface area (TPSA) is 117 Å². The molecule has 7 heteroatoms. The van der Waals surface area contributed by atoms with Gasteiger partial charge in [0.2, 0.25) is 0 Å². The van der Waals surface area contributed by atoms with Crippen molar-refractivity contribution in [1.29, 1.82) is 5.26 Å². The Labute approximate surface area is 188 Å². The first-order valence-electron chi connectivity index (χ1n) is 12.0. The molecule has 5 aliphatic rings. The average molecular weight is 444 g/mol. The zero-order valence-electron chi connectivity index (χ0n) is 18.9. The first-order valence-corrected chi connectivity index (χ1v) is 12.0. The van der Waals surface area contributed by atoms with E-state index < -0.39 is 22.0 Å². The van der Waals surface area contributed by atoms with E-state index in [2.05, 4.69) is 13.0 Å². The van der Waals surface area contributed by atoms with Crippen LogP contribution in [-0.4, -0.2) is 45.6 Å². The van der Waals surface area contributed by atoms with Crippen LogP contribution in [0.15, 0.2) is 12.2 Å². The number of cyclic esters (lactones) is 1. The van der Waals surface area contributed by atoms with E-state index in [1.54, 1.807) is 0 Å². The Balaban J connectivity index is 1.45. The van der Waals surface area contributed by atoms with Crippen LogP contribution in [0, 0.1) is 39.9 Å². The van der Waals surface area contributed by atoms with Gasteiger partial charge in [-0.2, -0.15) is 5.26 Å². The largest absolute Gasteiger partial charge is 0.462 e. The molecule has 0 saturated heterocycles. The van der Waals surface area contributed by atoms with Gasteiger partial charge in [-0.15, -0.1) is 0 Å². The van der Waals surface area contributed by atoms with Gasteiger partial charge < -0.3 is 19.7 Å². The number of fused-ring (bicyclic) bond motifs is 5. The molecule has 0 bridgehead atoms. The summed E-state index contributed by atoms with van der Waals surface area (Å²) in [7, 11) is 0. The number of carbonyl (C=O) groups is 2. The van der Waals surface area contributed by atoms with Gasteiger partial charge in [0.1, 0.15) is 12.2 Å². The Bertz CT molecular complexity index is 911. The molecule has 174 valence electrons. The summed E-state index contributed by atoms with van der Waals surface area (Å²) in [6.45, 7) is 3.50. The Hall–Kier alpha value is -1.91. The molecule has 1 aliphatic heterocycles. The molecule has 9 atom stereocenters. The lowest BCUT2D eigenvalue weighted by atomic mass is 9.41. The smallest absolute Gasteiger partial charge is 0.331 e. The standard InChI is InChI=1S/C25H33NO6/c1-15(27)31-16-5-10-23(14-26)17-6-9-22(2)19(20-3-4-21(28)32-20)8-12-25(22,30)18(17)7-11-24(23,29)13-16/h3-4,16-20,29-30H,5-13H2,1-2H3/t16-,17-,18-,19-,20+,22+,23-,24-,25-/m0/s1. The molecule has 0 aromatic carbocycles. The van der Waals surface area contributed by atoms with Gasteiger partial charge in [0.25, 0.3) is 0 Å². The van der Waals surface area contributed by atoms with E-state index in [4.69, 9.17) is 9.47 Å². The molecule has 32 heavy (non-hydrogen) atoms. The molecule has 0 radical (unpaired) electrons. The van der Waals surface area contributed by atoms with E-state index in [1.807, 2.05) is 6.08 Å². The van der Waals surface area contributed by atoms with E-state index in [0.29, 0.717) is 32.1 Å². The minimum absolute atomic E-state index is 0.0506. The summed E-state index contributed by atoms with van der Waals surface area (Å²) in [6, 6.07) is 2.53. The number of carbonyl (C=O) groups excluding carboxylic acids is 2. The number of esters is 2. The number of hydrogen-bond donors (Lipinski definition) is 2. The molecule has 4 fully saturated rings. The van der Waals surface area contributed by atoms with Gasteiger partial charge in [0, 0.05) is 30.8 Å². The Morgan fingerprint density at radius 3 is 2.50 bits per heavy atom. The molecule has 5 rings (SSSR count). The first kappa shape index (κ1) is 21.9. The van der Waals surface area contributed by atoms with Gasteiger partial charge in [0.15, 0.2) is 0 Å². The third-order valence-corrected chi connectivity index (χ3v) is 10.1. The Morgan fingerprint density at radius 1 is 1.12 bits per heavy atom. The van der Waals surface area contributed by atoms with Crippen molar-refractivity contribution < 1.29 is 29.3 Å². The van der Waals surface area contributed by atoms with Crippen molar-refractivity contribution in [2.45, 2.75) is 95.0 Å². The van der Waals surface area contributed by atoms with Crippen LogP contribution in [0.4, 0.5) is 0 Å². The highest BCUT2D eigenvalue weighted by Gasteiger charge is 2.72. The van der Waals surface area contributed by atoms with Crippen LogP contribution in [0.5, 0.6) is 0 Å². The van der Waals surface area contributed by atoms with Crippen LogP contribution in [0.25, 0.3) is 0 Å². The van der Waals surface area contributed by atoms with E-state index in [1.165, 1.54) is 13.0 Å². The maximum absolute atomic E-state index is 12.2. The van der Waals surface area contributed by atoms with E-state index >= 15 is 0 Å². The van der Waals surface area contributed by atoms with E-state index in [-0.39, 0.29) is 48.3 Å². The second-order valence-corrected chi connectivity index (χ2v) is 11.1. The zero-order chi connectivity index (χ0) is 22.9. The van der Waals surface area contributed by atoms with Gasteiger partial charge in [0.05, 0.1) is 22.7 Å². The van der Waals surface area contributed by atoms with Crippen molar-refractivity contribution in [1.82, 2.24) is 0 Å². The average Bonchev–Trinajstić information content (AvgIpc) is 3.27. The summed E-state index contributed by atoms with van der Waals surface area (Å²) in [5.41, 5.74) is -3.52. The fourth-order valence-electron chi connectivity index (χ4n) is 8.57. The van der Waals surface area contributed by atoms with Crippen LogP contribution in [0.1, 0.15) is 71.6 Å². The highest BCUT2D eigenvalue weighted by molar-refractivity contribution is 5.84. The third-order valence-electron chi connectivity index (χ3n) is 10.1. The summed E-state index contributed by atoms with van der Waals surface area (Å²) in [6.07, 6.45) is 7.86. The number of hydrogen-bond acceptors (Lipinski definition) is 7. The third kappa shape index (κ3) is 2.72. The molecule has 4 aliphatic carbocycles. The molecular formula is C25H33NO6. The molecule has 2 N–H and O–H groups in total. The lowest BCUT2D eigenvalue weighted by Crippen LogP contribution is -2.68. The summed E-state index contributed by atoms with van der Waals surface area (Å²) in [4.78, 5) is 23.2. The number of aliphatic hydroxyl groups is 2. The highest BCUT2D eigenvalue weighted by Crippen LogP contribution is 2.70. The summed E-state index contributed by atoms with van der Waals surface area (Å²) in [5.74, 6) is -0.827.